The third-order valence-corrected chi connectivity index (χ3v) is 6.68. The van der Waals surface area contributed by atoms with Gasteiger partial charge in [0.15, 0.2) is 0 Å². The molecular weight excluding hydrogens is 418 g/mol. The molecule has 2 fully saturated rings. The molecule has 0 spiro atoms. The third kappa shape index (κ3) is 5.23. The highest BCUT2D eigenvalue weighted by Crippen LogP contribution is 2.31. The minimum absolute atomic E-state index is 0.0781. The summed E-state index contributed by atoms with van der Waals surface area (Å²) >= 11 is 1.58. The Labute approximate surface area is 184 Å². The smallest absolute Gasteiger partial charge is 0.408 e. The third-order valence-electron chi connectivity index (χ3n) is 5.80. The van der Waals surface area contributed by atoms with Crippen molar-refractivity contribution in [1.29, 1.82) is 0 Å². The normalized spacial score (nSPS) is 21.1. The van der Waals surface area contributed by atoms with Crippen molar-refractivity contribution < 1.29 is 24.2 Å². The number of benzene rings is 1. The monoisotopic (exact) mass is 443 g/mol. The van der Waals surface area contributed by atoms with Crippen LogP contribution in [0.25, 0.3) is 0 Å². The van der Waals surface area contributed by atoms with E-state index in [0.717, 1.165) is 16.9 Å². The lowest BCUT2D eigenvalue weighted by Gasteiger charge is -2.35. The molecule has 31 heavy (non-hydrogen) atoms. The maximum atomic E-state index is 12.6. The van der Waals surface area contributed by atoms with Crippen LogP contribution in [0.1, 0.15) is 16.9 Å². The molecule has 0 unspecified atom stereocenters. The van der Waals surface area contributed by atoms with Crippen LogP contribution in [0.5, 0.6) is 0 Å². The molecule has 2 N–H and O–H groups in total. The van der Waals surface area contributed by atoms with E-state index in [1.165, 1.54) is 0 Å². The summed E-state index contributed by atoms with van der Waals surface area (Å²) in [5.41, 5.74) is 0.827. The number of carbonyl (C=O) groups excluding carboxylic acids is 2. The number of amides is 2. The summed E-state index contributed by atoms with van der Waals surface area (Å²) in [4.78, 5) is 41.4. The first kappa shape index (κ1) is 21.3. The molecule has 3 atom stereocenters. The van der Waals surface area contributed by atoms with E-state index in [4.69, 9.17) is 4.74 Å². The minimum atomic E-state index is -1.11. The van der Waals surface area contributed by atoms with Gasteiger partial charge in [0.25, 0.3) is 0 Å². The van der Waals surface area contributed by atoms with E-state index in [-0.39, 0.29) is 31.1 Å². The number of hydrogen-bond acceptors (Lipinski definition) is 6. The fourth-order valence-electron chi connectivity index (χ4n) is 4.27. The topological polar surface area (TPSA) is 99.2 Å². The van der Waals surface area contributed by atoms with Gasteiger partial charge in [-0.3, -0.25) is 9.69 Å². The summed E-state index contributed by atoms with van der Waals surface area (Å²) < 4.78 is 5.15. The van der Waals surface area contributed by atoms with Crippen molar-refractivity contribution in [2.75, 3.05) is 19.6 Å². The molecule has 2 bridgehead atoms. The number of ether oxygens (including phenoxy) is 1. The number of nitrogens with zero attached hydrogens (tertiary/aromatic N) is 2. The zero-order valence-corrected chi connectivity index (χ0v) is 17.8. The molecule has 2 saturated heterocycles. The molecule has 1 aromatic carbocycles. The number of thiophene rings is 1. The molecule has 1 aromatic heterocycles. The number of aliphatic carboxylic acids is 1. The van der Waals surface area contributed by atoms with Crippen molar-refractivity contribution in [2.45, 2.75) is 37.6 Å². The van der Waals surface area contributed by atoms with Crippen LogP contribution < -0.4 is 5.32 Å². The Bertz CT molecular complexity index is 920. The second kappa shape index (κ2) is 9.49. The molecular formula is C22H25N3O5S. The molecule has 4 rings (SSSR count). The molecule has 3 heterocycles. The standard InChI is InChI=1S/C22H25N3O5S/c26-20(10-18-7-4-8-31-18)25-12-16-9-17(25)11-24(16)13-19(21(27)28)23-22(29)30-14-15-5-2-1-3-6-15/h1-8,16-17,19H,9-14H2,(H,23,29)(H,27,28)/t16-,17-,19-/m0/s1. The molecule has 2 aromatic rings. The molecule has 2 amide bonds. The lowest BCUT2D eigenvalue weighted by molar-refractivity contribution is -0.140. The number of likely N-dealkylation sites (tertiary alicyclic amines) is 2. The largest absolute Gasteiger partial charge is 0.480 e. The van der Waals surface area contributed by atoms with Gasteiger partial charge in [0.1, 0.15) is 12.6 Å². The lowest BCUT2D eigenvalue weighted by atomic mass is 10.2. The number of nitrogens with one attached hydrogen (secondary N) is 1. The van der Waals surface area contributed by atoms with Crippen molar-refractivity contribution in [3.63, 3.8) is 0 Å². The molecule has 0 saturated carbocycles. The SMILES string of the molecule is O=C(N[C@@H](CN1C[C@@H]2C[C@H]1CN2C(=O)Cc1cccs1)C(=O)O)OCc1ccccc1. The van der Waals surface area contributed by atoms with Crippen LogP contribution in [-0.2, 0) is 27.4 Å². The number of piperazine rings is 1. The van der Waals surface area contributed by atoms with Gasteiger partial charge in [0.05, 0.1) is 6.42 Å². The summed E-state index contributed by atoms with van der Waals surface area (Å²) in [5, 5.41) is 14.0. The van der Waals surface area contributed by atoms with Gasteiger partial charge in [-0.2, -0.15) is 0 Å². The van der Waals surface area contributed by atoms with Crippen LogP contribution in [0.2, 0.25) is 0 Å². The minimum Gasteiger partial charge on any atom is -0.480 e. The van der Waals surface area contributed by atoms with E-state index in [1.54, 1.807) is 11.3 Å². The van der Waals surface area contributed by atoms with Gasteiger partial charge in [-0.1, -0.05) is 36.4 Å². The second-order valence-corrected chi connectivity index (χ2v) is 8.93. The molecule has 164 valence electrons. The number of carboxylic acid groups (broad SMARTS) is 1. The highest BCUT2D eigenvalue weighted by atomic mass is 32.1. The summed E-state index contributed by atoms with van der Waals surface area (Å²) in [7, 11) is 0. The van der Waals surface area contributed by atoms with Gasteiger partial charge in [0, 0.05) is 36.6 Å². The van der Waals surface area contributed by atoms with Gasteiger partial charge < -0.3 is 20.1 Å². The summed E-state index contributed by atoms with van der Waals surface area (Å²) in [6.45, 7) is 1.48. The molecule has 8 nitrogen and oxygen atoms in total. The molecule has 0 radical (unpaired) electrons. The molecule has 9 heteroatoms. The van der Waals surface area contributed by atoms with Crippen LogP contribution in [0, 0.1) is 0 Å². The van der Waals surface area contributed by atoms with E-state index >= 15 is 0 Å². The van der Waals surface area contributed by atoms with E-state index in [2.05, 4.69) is 10.2 Å². The number of carboxylic acids is 1. The Hall–Kier alpha value is -2.91. The van der Waals surface area contributed by atoms with Gasteiger partial charge >= 0.3 is 12.1 Å². The quantitative estimate of drug-likeness (QED) is 0.647. The van der Waals surface area contributed by atoms with Crippen molar-refractivity contribution in [2.24, 2.45) is 0 Å². The van der Waals surface area contributed by atoms with E-state index in [1.807, 2.05) is 52.7 Å². The first-order valence-electron chi connectivity index (χ1n) is 10.3. The Morgan fingerprint density at radius 3 is 2.58 bits per heavy atom. The van der Waals surface area contributed by atoms with Crippen molar-refractivity contribution in [3.8, 4) is 0 Å². The zero-order chi connectivity index (χ0) is 21.8. The summed E-state index contributed by atoms with van der Waals surface area (Å²) in [5.74, 6) is -0.989. The number of carbonyl (C=O) groups is 3. The van der Waals surface area contributed by atoms with Gasteiger partial charge in [0.2, 0.25) is 5.91 Å². The second-order valence-electron chi connectivity index (χ2n) is 7.90. The van der Waals surface area contributed by atoms with E-state index in [0.29, 0.717) is 19.5 Å². The van der Waals surface area contributed by atoms with Crippen LogP contribution in [-0.4, -0.2) is 70.6 Å². The highest BCUT2D eigenvalue weighted by molar-refractivity contribution is 7.10. The average Bonchev–Trinajstić information content (AvgIpc) is 3.50. The maximum Gasteiger partial charge on any atom is 0.408 e. The number of rotatable bonds is 8. The Morgan fingerprint density at radius 1 is 1.13 bits per heavy atom. The van der Waals surface area contributed by atoms with Gasteiger partial charge in [-0.05, 0) is 23.4 Å². The van der Waals surface area contributed by atoms with Crippen LogP contribution in [0.3, 0.4) is 0 Å². The van der Waals surface area contributed by atoms with Crippen molar-refractivity contribution in [3.05, 3.63) is 58.3 Å². The van der Waals surface area contributed by atoms with Gasteiger partial charge in [-0.25, -0.2) is 9.59 Å². The maximum absolute atomic E-state index is 12.6. The van der Waals surface area contributed by atoms with E-state index < -0.39 is 18.1 Å². The van der Waals surface area contributed by atoms with Gasteiger partial charge in [-0.15, -0.1) is 11.3 Å². The predicted molar refractivity (Wildman–Crippen MR) is 115 cm³/mol. The summed E-state index contributed by atoms with van der Waals surface area (Å²) in [6, 6.07) is 12.2. The van der Waals surface area contributed by atoms with E-state index in [9.17, 15) is 19.5 Å². The van der Waals surface area contributed by atoms with Crippen LogP contribution in [0.15, 0.2) is 47.8 Å². The average molecular weight is 444 g/mol. The molecule has 2 aliphatic rings. The fourth-order valence-corrected chi connectivity index (χ4v) is 4.97. The van der Waals surface area contributed by atoms with Crippen molar-refractivity contribution >= 4 is 29.3 Å². The number of fused-ring (bicyclic) bond motifs is 2. The fraction of sp³-hybridized carbons (Fsp3) is 0.409. The molecule has 0 aliphatic carbocycles. The Kier molecular flexibility index (Phi) is 6.53. The number of hydrogen-bond donors (Lipinski definition) is 2. The summed E-state index contributed by atoms with van der Waals surface area (Å²) in [6.07, 6.45) is 0.488. The zero-order valence-electron chi connectivity index (χ0n) is 17.0. The Balaban J connectivity index is 1.26. The first-order chi connectivity index (χ1) is 15.0. The van der Waals surface area contributed by atoms with Crippen molar-refractivity contribution in [1.82, 2.24) is 15.1 Å². The van der Waals surface area contributed by atoms with Crippen LogP contribution in [0.4, 0.5) is 4.79 Å². The number of alkyl carbamates (subject to hydrolysis) is 1. The Morgan fingerprint density at radius 2 is 1.94 bits per heavy atom. The lowest BCUT2D eigenvalue weighted by Crippen LogP contribution is -2.54. The molecule has 2 aliphatic heterocycles. The first-order valence-corrected chi connectivity index (χ1v) is 11.1. The predicted octanol–water partition coefficient (Wildman–Crippen LogP) is 1.96. The van der Waals surface area contributed by atoms with Crippen LogP contribution >= 0.6 is 11.3 Å². The highest BCUT2D eigenvalue weighted by Gasteiger charge is 2.46.